The normalized spacial score (nSPS) is 27.0. The van der Waals surface area contributed by atoms with Gasteiger partial charge in [-0.25, -0.2) is 12.7 Å². The number of hydrogen-bond donors (Lipinski definition) is 1. The summed E-state index contributed by atoms with van der Waals surface area (Å²) in [5, 5.41) is 3.52. The van der Waals surface area contributed by atoms with Crippen molar-refractivity contribution in [3.63, 3.8) is 0 Å². The van der Waals surface area contributed by atoms with Gasteiger partial charge in [-0.1, -0.05) is 32.6 Å². The van der Waals surface area contributed by atoms with Crippen LogP contribution in [0.4, 0.5) is 0 Å². The molecule has 2 unspecified atom stereocenters. The first-order chi connectivity index (χ1) is 10.0. The topological polar surface area (TPSA) is 49.4 Å². The molecule has 5 heteroatoms. The fourth-order valence-electron chi connectivity index (χ4n) is 4.15. The molecule has 2 fully saturated rings. The zero-order valence-electron chi connectivity index (χ0n) is 13.7. The minimum Gasteiger partial charge on any atom is -0.317 e. The van der Waals surface area contributed by atoms with Gasteiger partial charge in [0.05, 0.1) is 6.26 Å². The minimum absolute atomic E-state index is 0.553. The smallest absolute Gasteiger partial charge is 0.211 e. The Morgan fingerprint density at radius 2 is 1.90 bits per heavy atom. The molecule has 0 radical (unpaired) electrons. The van der Waals surface area contributed by atoms with Gasteiger partial charge in [0.2, 0.25) is 10.0 Å². The van der Waals surface area contributed by atoms with Gasteiger partial charge in [0.15, 0.2) is 0 Å². The second-order valence-electron chi connectivity index (χ2n) is 6.98. The van der Waals surface area contributed by atoms with Crippen molar-refractivity contribution in [1.29, 1.82) is 0 Å². The quantitative estimate of drug-likeness (QED) is 0.785. The third-order valence-electron chi connectivity index (χ3n) is 5.31. The van der Waals surface area contributed by atoms with Crippen molar-refractivity contribution in [3.05, 3.63) is 0 Å². The van der Waals surface area contributed by atoms with Crippen LogP contribution >= 0.6 is 0 Å². The predicted octanol–water partition coefficient (Wildman–Crippen LogP) is 2.46. The van der Waals surface area contributed by atoms with E-state index in [1.54, 1.807) is 4.31 Å². The van der Waals surface area contributed by atoms with Crippen LogP contribution in [0.3, 0.4) is 0 Å². The molecular weight excluding hydrogens is 284 g/mol. The molecule has 1 aliphatic carbocycles. The zero-order valence-corrected chi connectivity index (χ0v) is 14.5. The highest BCUT2D eigenvalue weighted by Crippen LogP contribution is 2.36. The van der Waals surface area contributed by atoms with Crippen LogP contribution in [0.1, 0.15) is 51.9 Å². The molecule has 1 heterocycles. The van der Waals surface area contributed by atoms with E-state index in [0.717, 1.165) is 44.4 Å². The van der Waals surface area contributed by atoms with E-state index in [-0.39, 0.29) is 0 Å². The van der Waals surface area contributed by atoms with Gasteiger partial charge < -0.3 is 5.32 Å². The summed E-state index contributed by atoms with van der Waals surface area (Å²) in [6, 6.07) is 0. The lowest BCUT2D eigenvalue weighted by Crippen LogP contribution is -2.41. The van der Waals surface area contributed by atoms with E-state index >= 15 is 0 Å². The van der Waals surface area contributed by atoms with Crippen LogP contribution in [0.25, 0.3) is 0 Å². The molecule has 2 rings (SSSR count). The molecule has 21 heavy (non-hydrogen) atoms. The van der Waals surface area contributed by atoms with Crippen molar-refractivity contribution in [1.82, 2.24) is 9.62 Å². The van der Waals surface area contributed by atoms with Crippen LogP contribution in [0.5, 0.6) is 0 Å². The maximum atomic E-state index is 11.8. The first-order valence-corrected chi connectivity index (χ1v) is 10.5. The van der Waals surface area contributed by atoms with E-state index in [9.17, 15) is 8.42 Å². The lowest BCUT2D eigenvalue weighted by Gasteiger charge is -2.34. The summed E-state index contributed by atoms with van der Waals surface area (Å²) in [7, 11) is -3.01. The maximum Gasteiger partial charge on any atom is 0.211 e. The van der Waals surface area contributed by atoms with E-state index in [4.69, 9.17) is 0 Å². The second-order valence-corrected chi connectivity index (χ2v) is 8.96. The molecular formula is C16H32N2O2S. The van der Waals surface area contributed by atoms with Crippen molar-refractivity contribution >= 4 is 10.0 Å². The highest BCUT2D eigenvalue weighted by molar-refractivity contribution is 7.88. The molecule has 1 aliphatic heterocycles. The third kappa shape index (κ3) is 5.22. The van der Waals surface area contributed by atoms with Gasteiger partial charge in [0.1, 0.15) is 0 Å². The Balaban J connectivity index is 1.92. The molecule has 0 aromatic heterocycles. The summed E-state index contributed by atoms with van der Waals surface area (Å²) in [6.07, 6.45) is 10.3. The van der Waals surface area contributed by atoms with E-state index in [0.29, 0.717) is 5.92 Å². The van der Waals surface area contributed by atoms with Gasteiger partial charge in [-0.05, 0) is 50.1 Å². The summed E-state index contributed by atoms with van der Waals surface area (Å²) in [5.74, 6) is 2.15. The first kappa shape index (κ1) is 17.2. The molecule has 2 atom stereocenters. The maximum absolute atomic E-state index is 11.8. The molecule has 0 spiro atoms. The summed E-state index contributed by atoms with van der Waals surface area (Å²) >= 11 is 0. The first-order valence-electron chi connectivity index (χ1n) is 8.66. The van der Waals surface area contributed by atoms with Crippen LogP contribution in [0, 0.1) is 17.8 Å². The second kappa shape index (κ2) is 7.93. The van der Waals surface area contributed by atoms with Crippen molar-refractivity contribution < 1.29 is 8.42 Å². The number of rotatable bonds is 7. The van der Waals surface area contributed by atoms with Crippen LogP contribution in [-0.2, 0) is 10.0 Å². The highest BCUT2D eigenvalue weighted by Gasteiger charge is 2.31. The monoisotopic (exact) mass is 316 g/mol. The zero-order chi connectivity index (χ0) is 15.3. The van der Waals surface area contributed by atoms with E-state index in [1.807, 2.05) is 0 Å². The van der Waals surface area contributed by atoms with Crippen LogP contribution in [0.15, 0.2) is 0 Å². The molecule has 124 valence electrons. The highest BCUT2D eigenvalue weighted by atomic mass is 32.2. The Bertz CT molecular complexity index is 405. The lowest BCUT2D eigenvalue weighted by molar-refractivity contribution is 0.196. The predicted molar refractivity (Wildman–Crippen MR) is 87.7 cm³/mol. The molecule has 0 aromatic rings. The molecule has 4 nitrogen and oxygen atoms in total. The molecule has 1 N–H and O–H groups in total. The summed E-state index contributed by atoms with van der Waals surface area (Å²) in [6.45, 7) is 5.77. The number of hydrogen-bond acceptors (Lipinski definition) is 3. The van der Waals surface area contributed by atoms with Gasteiger partial charge in [0, 0.05) is 13.1 Å². The fraction of sp³-hybridized carbons (Fsp3) is 1.00. The number of nitrogens with zero attached hydrogens (tertiary/aromatic N) is 1. The average molecular weight is 317 g/mol. The standard InChI is InChI=1S/C16H32N2O2S/c1-3-17-12-16(15-8-4-5-9-15)11-14-7-6-10-18(13-14)21(2,19)20/h14-17H,3-13H2,1-2H3. The van der Waals surface area contributed by atoms with Crippen molar-refractivity contribution in [2.24, 2.45) is 17.8 Å². The lowest BCUT2D eigenvalue weighted by atomic mass is 9.81. The number of sulfonamides is 1. The van der Waals surface area contributed by atoms with Gasteiger partial charge in [-0.3, -0.25) is 0 Å². The van der Waals surface area contributed by atoms with Gasteiger partial charge in [-0.2, -0.15) is 0 Å². The van der Waals surface area contributed by atoms with Crippen molar-refractivity contribution in [2.75, 3.05) is 32.4 Å². The molecule has 2 aliphatic rings. The Morgan fingerprint density at radius 1 is 1.19 bits per heavy atom. The van der Waals surface area contributed by atoms with Crippen LogP contribution in [-0.4, -0.2) is 45.2 Å². The molecule has 1 saturated heterocycles. The largest absolute Gasteiger partial charge is 0.317 e. The third-order valence-corrected chi connectivity index (χ3v) is 6.58. The molecule has 0 amide bonds. The fourth-order valence-corrected chi connectivity index (χ4v) is 5.09. The minimum atomic E-state index is -3.01. The van der Waals surface area contributed by atoms with E-state index in [1.165, 1.54) is 44.8 Å². The van der Waals surface area contributed by atoms with Gasteiger partial charge >= 0.3 is 0 Å². The van der Waals surface area contributed by atoms with E-state index in [2.05, 4.69) is 12.2 Å². The Hall–Kier alpha value is -0.130. The number of nitrogens with one attached hydrogen (secondary N) is 1. The molecule has 1 saturated carbocycles. The van der Waals surface area contributed by atoms with Gasteiger partial charge in [-0.15, -0.1) is 0 Å². The Labute approximate surface area is 130 Å². The summed E-state index contributed by atoms with van der Waals surface area (Å²) in [5.41, 5.74) is 0. The Kier molecular flexibility index (Phi) is 6.51. The van der Waals surface area contributed by atoms with Crippen LogP contribution in [0.2, 0.25) is 0 Å². The molecule has 0 bridgehead atoms. The van der Waals surface area contributed by atoms with Crippen molar-refractivity contribution in [3.8, 4) is 0 Å². The van der Waals surface area contributed by atoms with Crippen LogP contribution < -0.4 is 5.32 Å². The van der Waals surface area contributed by atoms with E-state index < -0.39 is 10.0 Å². The molecule has 0 aromatic carbocycles. The SMILES string of the molecule is CCNCC(CC1CCCN(S(C)(=O)=O)C1)C1CCCC1. The van der Waals surface area contributed by atoms with Crippen molar-refractivity contribution in [2.45, 2.75) is 51.9 Å². The average Bonchev–Trinajstić information content (AvgIpc) is 2.97. The Morgan fingerprint density at radius 3 is 2.52 bits per heavy atom. The summed E-state index contributed by atoms with van der Waals surface area (Å²) in [4.78, 5) is 0. The van der Waals surface area contributed by atoms with Gasteiger partial charge in [0.25, 0.3) is 0 Å². The number of piperidine rings is 1. The summed E-state index contributed by atoms with van der Waals surface area (Å²) < 4.78 is 25.2.